The van der Waals surface area contributed by atoms with E-state index in [9.17, 15) is 32.7 Å². The Labute approximate surface area is 207 Å². The number of hydrogen-bond donors (Lipinski definition) is 1. The summed E-state index contributed by atoms with van der Waals surface area (Å²) in [5, 5.41) is 13.0. The van der Waals surface area contributed by atoms with Crippen LogP contribution in [-0.4, -0.2) is 55.0 Å². The number of aldehydes is 1. The molecule has 0 atom stereocenters. The Kier molecular flexibility index (Phi) is 6.46. The minimum atomic E-state index is -4.59. The molecule has 0 unspecified atom stereocenters. The fourth-order valence-corrected chi connectivity index (χ4v) is 3.82. The minimum Gasteiger partial charge on any atom is -0.476 e. The van der Waals surface area contributed by atoms with Crippen LogP contribution in [0.2, 0.25) is 0 Å². The van der Waals surface area contributed by atoms with Crippen molar-refractivity contribution < 1.29 is 32.7 Å². The van der Waals surface area contributed by atoms with Crippen LogP contribution in [-0.2, 0) is 17.5 Å². The zero-order chi connectivity index (χ0) is 27.1. The summed E-state index contributed by atoms with van der Waals surface area (Å²) in [6.07, 6.45) is -2.86. The van der Waals surface area contributed by atoms with E-state index in [-0.39, 0.29) is 34.8 Å². The maximum absolute atomic E-state index is 13.1. The lowest BCUT2D eigenvalue weighted by Crippen LogP contribution is -2.29. The number of carboxylic acid groups (broad SMARTS) is 1. The molecule has 3 heterocycles. The molecule has 1 aromatic carbocycles. The van der Waals surface area contributed by atoms with Crippen LogP contribution in [0.4, 0.5) is 18.9 Å². The van der Waals surface area contributed by atoms with Gasteiger partial charge in [-0.15, -0.1) is 0 Å². The number of fused-ring (bicyclic) bond motifs is 1. The number of carbonyl (C=O) groups is 3. The highest BCUT2D eigenvalue weighted by molar-refractivity contribution is 6.06. The summed E-state index contributed by atoms with van der Waals surface area (Å²) in [4.78, 5) is 48.8. The van der Waals surface area contributed by atoms with Crippen molar-refractivity contribution in [3.63, 3.8) is 0 Å². The van der Waals surface area contributed by atoms with Crippen LogP contribution in [0.5, 0.6) is 0 Å². The number of aromatic nitrogens is 5. The second kappa shape index (κ2) is 9.41. The highest BCUT2D eigenvalue weighted by atomic mass is 19.4. The van der Waals surface area contributed by atoms with Crippen molar-refractivity contribution in [2.75, 3.05) is 11.9 Å². The number of hydrogen-bond acceptors (Lipinski definition) is 7. The molecule has 4 aromatic rings. The molecule has 3 aromatic heterocycles. The number of rotatable bonds is 6. The average molecular weight is 512 g/mol. The minimum absolute atomic E-state index is 0.0161. The fraction of sp³-hybridized carbons (Fsp3) is 0.208. The first-order valence-corrected chi connectivity index (χ1v) is 10.8. The molecule has 37 heavy (non-hydrogen) atoms. The Balaban J connectivity index is 1.67. The quantitative estimate of drug-likeness (QED) is 0.387. The van der Waals surface area contributed by atoms with Crippen molar-refractivity contribution in [1.82, 2.24) is 24.7 Å². The number of anilines is 1. The second-order valence-corrected chi connectivity index (χ2v) is 8.18. The number of pyridine rings is 1. The lowest BCUT2D eigenvalue weighted by atomic mass is 10.1. The van der Waals surface area contributed by atoms with Gasteiger partial charge in [-0.25, -0.2) is 19.7 Å². The molecule has 0 saturated heterocycles. The number of benzene rings is 1. The SMILES string of the molecule is Cc1cc(-c2ncc3nc(C(F)(F)F)cc(C)c3n2)ccc1N(C)C(=O)c1cc(C(=O)O)nn1CC=O. The maximum atomic E-state index is 13.1. The lowest BCUT2D eigenvalue weighted by molar-refractivity contribution is -0.141. The zero-order valence-electron chi connectivity index (χ0n) is 19.7. The highest BCUT2D eigenvalue weighted by Gasteiger charge is 2.33. The van der Waals surface area contributed by atoms with E-state index in [1.54, 1.807) is 25.1 Å². The number of aryl methyl sites for hydroxylation is 2. The average Bonchev–Trinajstić information content (AvgIpc) is 3.27. The third-order valence-corrected chi connectivity index (χ3v) is 5.61. The van der Waals surface area contributed by atoms with E-state index >= 15 is 0 Å². The van der Waals surface area contributed by atoms with Crippen LogP contribution in [0.25, 0.3) is 22.4 Å². The van der Waals surface area contributed by atoms with Crippen molar-refractivity contribution in [2.45, 2.75) is 26.6 Å². The van der Waals surface area contributed by atoms with E-state index in [0.717, 1.165) is 16.8 Å². The molecule has 190 valence electrons. The van der Waals surface area contributed by atoms with Crippen molar-refractivity contribution in [3.05, 3.63) is 64.7 Å². The first kappa shape index (κ1) is 25.4. The molecule has 0 aliphatic rings. The van der Waals surface area contributed by atoms with E-state index in [2.05, 4.69) is 20.1 Å². The monoisotopic (exact) mass is 512 g/mol. The predicted molar refractivity (Wildman–Crippen MR) is 125 cm³/mol. The van der Waals surface area contributed by atoms with Gasteiger partial charge < -0.3 is 14.8 Å². The third kappa shape index (κ3) is 4.87. The standard InChI is InChI=1S/C24H19F3N6O4/c1-12-8-14(21-28-11-16-20(30-21)13(2)9-19(29-16)24(25,26)27)4-5-17(12)32(3)22(35)18-10-15(23(36)37)31-33(18)6-7-34/h4-5,7-11H,6H2,1-3H3,(H,36,37). The molecule has 1 amide bonds. The van der Waals surface area contributed by atoms with Gasteiger partial charge in [-0.1, -0.05) is 0 Å². The Morgan fingerprint density at radius 3 is 2.46 bits per heavy atom. The van der Waals surface area contributed by atoms with Gasteiger partial charge in [-0.05, 0) is 49.2 Å². The Hall–Kier alpha value is -4.68. The molecular formula is C24H19F3N6O4. The van der Waals surface area contributed by atoms with Gasteiger partial charge >= 0.3 is 12.1 Å². The number of alkyl halides is 3. The molecular weight excluding hydrogens is 493 g/mol. The summed E-state index contributed by atoms with van der Waals surface area (Å²) in [5.74, 6) is -1.66. The van der Waals surface area contributed by atoms with Gasteiger partial charge in [-0.3, -0.25) is 9.48 Å². The van der Waals surface area contributed by atoms with Gasteiger partial charge in [0.1, 0.15) is 23.2 Å². The number of amides is 1. The largest absolute Gasteiger partial charge is 0.476 e. The Morgan fingerprint density at radius 1 is 1.11 bits per heavy atom. The van der Waals surface area contributed by atoms with Crippen LogP contribution in [0.15, 0.2) is 36.5 Å². The molecule has 13 heteroatoms. The van der Waals surface area contributed by atoms with Crippen LogP contribution in [0.3, 0.4) is 0 Å². The van der Waals surface area contributed by atoms with E-state index in [1.807, 2.05) is 0 Å². The molecule has 0 spiro atoms. The van der Waals surface area contributed by atoms with Gasteiger partial charge in [0.2, 0.25) is 0 Å². The number of halogens is 3. The van der Waals surface area contributed by atoms with Crippen molar-refractivity contribution in [3.8, 4) is 11.4 Å². The number of carbonyl (C=O) groups excluding carboxylic acids is 2. The molecule has 0 saturated carbocycles. The van der Waals surface area contributed by atoms with E-state index in [4.69, 9.17) is 0 Å². The normalized spacial score (nSPS) is 11.5. The van der Waals surface area contributed by atoms with E-state index in [1.165, 1.54) is 25.1 Å². The molecule has 1 N–H and O–H groups in total. The number of nitrogens with zero attached hydrogens (tertiary/aromatic N) is 6. The summed E-state index contributed by atoms with van der Waals surface area (Å²) in [5.41, 5.74) is 0.812. The fourth-order valence-electron chi connectivity index (χ4n) is 3.82. The van der Waals surface area contributed by atoms with Crippen molar-refractivity contribution in [2.24, 2.45) is 0 Å². The van der Waals surface area contributed by atoms with Crippen LogP contribution < -0.4 is 4.90 Å². The van der Waals surface area contributed by atoms with Gasteiger partial charge in [0.25, 0.3) is 5.91 Å². The van der Waals surface area contributed by atoms with Crippen LogP contribution in [0, 0.1) is 13.8 Å². The van der Waals surface area contributed by atoms with E-state index < -0.39 is 23.7 Å². The zero-order valence-corrected chi connectivity index (χ0v) is 19.7. The smallest absolute Gasteiger partial charge is 0.433 e. The van der Waals surface area contributed by atoms with Crippen molar-refractivity contribution >= 4 is 34.9 Å². The third-order valence-electron chi connectivity index (χ3n) is 5.61. The predicted octanol–water partition coefficient (Wildman–Crippen LogP) is 3.70. The van der Waals surface area contributed by atoms with Gasteiger partial charge in [0, 0.05) is 24.4 Å². The molecule has 0 aliphatic carbocycles. The van der Waals surface area contributed by atoms with Crippen LogP contribution in [0.1, 0.15) is 37.8 Å². The van der Waals surface area contributed by atoms with Gasteiger partial charge in [-0.2, -0.15) is 18.3 Å². The molecule has 10 nitrogen and oxygen atoms in total. The first-order chi connectivity index (χ1) is 17.4. The van der Waals surface area contributed by atoms with Gasteiger partial charge in [0.05, 0.1) is 18.3 Å². The number of aromatic carboxylic acids is 1. The number of carboxylic acids is 1. The summed E-state index contributed by atoms with van der Waals surface area (Å²) >= 11 is 0. The molecule has 0 radical (unpaired) electrons. The Morgan fingerprint density at radius 2 is 1.84 bits per heavy atom. The van der Waals surface area contributed by atoms with Gasteiger partial charge in [0.15, 0.2) is 11.5 Å². The van der Waals surface area contributed by atoms with E-state index in [0.29, 0.717) is 28.7 Å². The summed E-state index contributed by atoms with van der Waals surface area (Å²) in [7, 11) is 1.49. The summed E-state index contributed by atoms with van der Waals surface area (Å²) in [6.45, 7) is 2.95. The summed E-state index contributed by atoms with van der Waals surface area (Å²) < 4.78 is 40.2. The topological polar surface area (TPSA) is 131 Å². The maximum Gasteiger partial charge on any atom is 0.433 e. The lowest BCUT2D eigenvalue weighted by Gasteiger charge is -2.20. The highest BCUT2D eigenvalue weighted by Crippen LogP contribution is 2.31. The molecule has 0 aliphatic heterocycles. The molecule has 0 bridgehead atoms. The first-order valence-electron chi connectivity index (χ1n) is 10.8. The molecule has 0 fully saturated rings. The second-order valence-electron chi connectivity index (χ2n) is 8.18. The summed E-state index contributed by atoms with van der Waals surface area (Å²) in [6, 6.07) is 7.01. The Bertz CT molecular complexity index is 1560. The molecule has 4 rings (SSSR count). The van der Waals surface area contributed by atoms with Crippen molar-refractivity contribution in [1.29, 1.82) is 0 Å². The van der Waals surface area contributed by atoms with Crippen LogP contribution >= 0.6 is 0 Å².